The molecule has 3 nitrogen and oxygen atoms in total. The average Bonchev–Trinajstić information content (AvgIpc) is 3.89. The molecule has 0 aliphatic heterocycles. The third-order valence-corrected chi connectivity index (χ3v) is 11.6. The summed E-state index contributed by atoms with van der Waals surface area (Å²) in [7, 11) is 0. The van der Waals surface area contributed by atoms with E-state index in [9.17, 15) is 0 Å². The van der Waals surface area contributed by atoms with E-state index >= 15 is 0 Å². The van der Waals surface area contributed by atoms with Crippen molar-refractivity contribution in [3.8, 4) is 28.2 Å². The minimum Gasteiger partial charge on any atom is -0.309 e. The third-order valence-electron chi connectivity index (χ3n) is 11.6. The Balaban J connectivity index is 1.33. The monoisotopic (exact) mass is 699 g/mol. The molecule has 12 aromatic rings. The summed E-state index contributed by atoms with van der Waals surface area (Å²) in [6, 6.07) is 73.4. The second-order valence-electron chi connectivity index (χ2n) is 14.5. The van der Waals surface area contributed by atoms with E-state index in [1.54, 1.807) is 0 Å². The van der Waals surface area contributed by atoms with Crippen LogP contribution in [0, 0.1) is 0 Å². The SMILES string of the molecule is c1ccc(-c2ccc3c(c2)c2cc(-n4c5ccccc5c5ccccc54)cc(-n4c5ccccc5c5ccccc54)c2n3-c2cccc3ccccc23)cc1. The van der Waals surface area contributed by atoms with E-state index in [1.807, 2.05) is 0 Å². The first-order valence-electron chi connectivity index (χ1n) is 18.9. The van der Waals surface area contributed by atoms with Crippen molar-refractivity contribution in [3.63, 3.8) is 0 Å². The third kappa shape index (κ3) is 4.32. The van der Waals surface area contributed by atoms with Crippen molar-refractivity contribution in [3.05, 3.63) is 200 Å². The molecule has 0 bridgehead atoms. The Bertz CT molecular complexity index is 3370. The van der Waals surface area contributed by atoms with Gasteiger partial charge in [-0.25, -0.2) is 0 Å². The molecule has 0 spiro atoms. The van der Waals surface area contributed by atoms with Crippen molar-refractivity contribution < 1.29 is 0 Å². The van der Waals surface area contributed by atoms with Crippen molar-refractivity contribution >= 4 is 76.2 Å². The summed E-state index contributed by atoms with van der Waals surface area (Å²) in [6.45, 7) is 0. The van der Waals surface area contributed by atoms with Crippen molar-refractivity contribution in [2.45, 2.75) is 0 Å². The molecule has 3 heteroatoms. The minimum absolute atomic E-state index is 1.13. The van der Waals surface area contributed by atoms with Crippen LogP contribution in [-0.4, -0.2) is 13.7 Å². The summed E-state index contributed by atoms with van der Waals surface area (Å²) < 4.78 is 7.49. The summed E-state index contributed by atoms with van der Waals surface area (Å²) in [5.74, 6) is 0. The minimum atomic E-state index is 1.13. The van der Waals surface area contributed by atoms with E-state index in [1.165, 1.54) is 87.3 Å². The standard InChI is InChI=1S/C52H33N3/c1-2-15-34(16-3-1)36-29-30-50-43(31-36)44-32-37(53-46-24-10-6-20-39(46)40-21-7-11-25-47(40)53)33-51(52(44)55(50)45-28-14-18-35-17-4-5-19-38(35)45)54-48-26-12-8-22-41(48)42-23-9-13-27-49(42)54/h1-33H. The highest BCUT2D eigenvalue weighted by Crippen LogP contribution is 2.44. The highest BCUT2D eigenvalue weighted by molar-refractivity contribution is 6.18. The van der Waals surface area contributed by atoms with E-state index < -0.39 is 0 Å². The van der Waals surface area contributed by atoms with Gasteiger partial charge in [0.05, 0.1) is 44.5 Å². The van der Waals surface area contributed by atoms with Crippen LogP contribution < -0.4 is 0 Å². The smallest absolute Gasteiger partial charge is 0.0784 e. The highest BCUT2D eigenvalue weighted by Gasteiger charge is 2.24. The van der Waals surface area contributed by atoms with E-state index in [0.29, 0.717) is 0 Å². The normalized spacial score (nSPS) is 12.0. The van der Waals surface area contributed by atoms with Gasteiger partial charge in [-0.2, -0.15) is 0 Å². The maximum absolute atomic E-state index is 2.52. The fourth-order valence-electron chi connectivity index (χ4n) is 9.26. The zero-order valence-electron chi connectivity index (χ0n) is 29.9. The Kier molecular flexibility index (Phi) is 6.34. The molecule has 0 fully saturated rings. The van der Waals surface area contributed by atoms with E-state index in [2.05, 4.69) is 214 Å². The quantitative estimate of drug-likeness (QED) is 0.174. The molecule has 0 radical (unpaired) electrons. The molecule has 3 heterocycles. The van der Waals surface area contributed by atoms with Gasteiger partial charge in [-0.05, 0) is 71.1 Å². The first kappa shape index (κ1) is 30.1. The molecular formula is C52H33N3. The number of rotatable bonds is 4. The zero-order valence-corrected chi connectivity index (χ0v) is 29.9. The van der Waals surface area contributed by atoms with Crippen molar-refractivity contribution in [1.82, 2.24) is 13.7 Å². The predicted molar refractivity (Wildman–Crippen MR) is 232 cm³/mol. The van der Waals surface area contributed by atoms with Crippen LogP contribution in [0.5, 0.6) is 0 Å². The Hall–Kier alpha value is -7.36. The first-order chi connectivity index (χ1) is 27.3. The molecule has 55 heavy (non-hydrogen) atoms. The van der Waals surface area contributed by atoms with Gasteiger partial charge in [0.15, 0.2) is 0 Å². The second kappa shape index (κ2) is 11.6. The molecule has 0 aliphatic carbocycles. The number of nitrogens with zero attached hydrogens (tertiary/aromatic N) is 3. The van der Waals surface area contributed by atoms with Gasteiger partial charge in [-0.1, -0.05) is 146 Å². The topological polar surface area (TPSA) is 14.8 Å². The van der Waals surface area contributed by atoms with Crippen LogP contribution in [-0.2, 0) is 0 Å². The summed E-state index contributed by atoms with van der Waals surface area (Å²) in [5.41, 5.74) is 12.9. The molecule has 256 valence electrons. The lowest BCUT2D eigenvalue weighted by Crippen LogP contribution is -2.03. The van der Waals surface area contributed by atoms with Crippen LogP contribution in [0.1, 0.15) is 0 Å². The van der Waals surface area contributed by atoms with Gasteiger partial charge < -0.3 is 13.7 Å². The van der Waals surface area contributed by atoms with Crippen molar-refractivity contribution in [2.75, 3.05) is 0 Å². The fourth-order valence-corrected chi connectivity index (χ4v) is 9.26. The first-order valence-corrected chi connectivity index (χ1v) is 18.9. The zero-order chi connectivity index (χ0) is 36.0. The fraction of sp³-hybridized carbons (Fsp3) is 0. The van der Waals surface area contributed by atoms with Gasteiger partial charge >= 0.3 is 0 Å². The lowest BCUT2D eigenvalue weighted by molar-refractivity contribution is 1.12. The number of para-hydroxylation sites is 4. The van der Waals surface area contributed by atoms with E-state index in [0.717, 1.165) is 17.1 Å². The van der Waals surface area contributed by atoms with Gasteiger partial charge in [0, 0.05) is 43.4 Å². The Morgan fingerprint density at radius 1 is 0.255 bits per heavy atom. The molecule has 0 unspecified atom stereocenters. The molecule has 0 N–H and O–H groups in total. The number of fused-ring (bicyclic) bond motifs is 10. The number of benzene rings is 9. The number of hydrogen-bond acceptors (Lipinski definition) is 0. The van der Waals surface area contributed by atoms with Crippen LogP contribution in [0.2, 0.25) is 0 Å². The summed E-state index contributed by atoms with van der Waals surface area (Å²) >= 11 is 0. The Labute approximate surface area is 317 Å². The number of hydrogen-bond donors (Lipinski definition) is 0. The summed E-state index contributed by atoms with van der Waals surface area (Å²) in [4.78, 5) is 0. The van der Waals surface area contributed by atoms with E-state index in [-0.39, 0.29) is 0 Å². The Morgan fingerprint density at radius 2 is 0.764 bits per heavy atom. The lowest BCUT2D eigenvalue weighted by Gasteiger charge is -2.18. The van der Waals surface area contributed by atoms with Crippen LogP contribution in [0.4, 0.5) is 0 Å². The molecule has 3 aromatic heterocycles. The summed E-state index contributed by atoms with van der Waals surface area (Å²) in [6.07, 6.45) is 0. The predicted octanol–water partition coefficient (Wildman–Crippen LogP) is 13.8. The Morgan fingerprint density at radius 3 is 1.40 bits per heavy atom. The molecule has 0 amide bonds. The maximum Gasteiger partial charge on any atom is 0.0784 e. The second-order valence-corrected chi connectivity index (χ2v) is 14.5. The largest absolute Gasteiger partial charge is 0.309 e. The highest BCUT2D eigenvalue weighted by atomic mass is 15.1. The molecule has 9 aromatic carbocycles. The van der Waals surface area contributed by atoms with Crippen molar-refractivity contribution in [2.24, 2.45) is 0 Å². The molecule has 12 rings (SSSR count). The van der Waals surface area contributed by atoms with Crippen LogP contribution >= 0.6 is 0 Å². The van der Waals surface area contributed by atoms with Crippen LogP contribution in [0.3, 0.4) is 0 Å². The van der Waals surface area contributed by atoms with Gasteiger partial charge in [0.25, 0.3) is 0 Å². The molecular weight excluding hydrogens is 667 g/mol. The maximum atomic E-state index is 2.52. The van der Waals surface area contributed by atoms with Gasteiger partial charge in [-0.15, -0.1) is 0 Å². The van der Waals surface area contributed by atoms with Gasteiger partial charge in [0.2, 0.25) is 0 Å². The molecule has 0 atom stereocenters. The van der Waals surface area contributed by atoms with Gasteiger partial charge in [0.1, 0.15) is 0 Å². The lowest BCUT2D eigenvalue weighted by atomic mass is 10.0. The van der Waals surface area contributed by atoms with Crippen LogP contribution in [0.15, 0.2) is 200 Å². The molecule has 0 saturated carbocycles. The van der Waals surface area contributed by atoms with E-state index in [4.69, 9.17) is 0 Å². The van der Waals surface area contributed by atoms with Crippen LogP contribution in [0.25, 0.3) is 104 Å². The summed E-state index contributed by atoms with van der Waals surface area (Å²) in [5, 5.41) is 9.85. The number of aromatic nitrogens is 3. The van der Waals surface area contributed by atoms with Crippen molar-refractivity contribution in [1.29, 1.82) is 0 Å². The average molecular weight is 700 g/mol. The molecule has 0 saturated heterocycles. The molecule has 0 aliphatic rings. The van der Waals surface area contributed by atoms with Gasteiger partial charge in [-0.3, -0.25) is 0 Å².